The first-order valence-corrected chi connectivity index (χ1v) is 7.92. The molecule has 1 heterocycles. The Morgan fingerprint density at radius 3 is 2.63 bits per heavy atom. The molecule has 1 aromatic heterocycles. The summed E-state index contributed by atoms with van der Waals surface area (Å²) in [6.07, 6.45) is 0. The summed E-state index contributed by atoms with van der Waals surface area (Å²) in [5, 5.41) is 5.54. The van der Waals surface area contributed by atoms with Gasteiger partial charge in [-0.1, -0.05) is 19.9 Å². The van der Waals surface area contributed by atoms with E-state index < -0.39 is 0 Å². The zero-order chi connectivity index (χ0) is 14.0. The molecule has 1 aromatic carbocycles. The number of rotatable bonds is 4. The van der Waals surface area contributed by atoms with E-state index in [0.717, 1.165) is 11.3 Å². The van der Waals surface area contributed by atoms with Crippen molar-refractivity contribution in [2.75, 3.05) is 5.32 Å². The smallest absolute Gasteiger partial charge is 0.139 e. The van der Waals surface area contributed by atoms with Crippen molar-refractivity contribution in [2.24, 2.45) is 5.92 Å². The molecule has 0 aliphatic carbocycles. The van der Waals surface area contributed by atoms with Gasteiger partial charge in [0.05, 0.1) is 10.5 Å². The average Bonchev–Trinajstić information content (AvgIpc) is 2.85. The minimum absolute atomic E-state index is 0.208. The summed E-state index contributed by atoms with van der Waals surface area (Å²) in [7, 11) is 0. The van der Waals surface area contributed by atoms with Crippen LogP contribution in [0.1, 0.15) is 30.3 Å². The van der Waals surface area contributed by atoms with Gasteiger partial charge in [-0.25, -0.2) is 4.39 Å². The molecule has 1 nitrogen and oxygen atoms in total. The third-order valence-electron chi connectivity index (χ3n) is 3.09. The second-order valence-corrected chi connectivity index (χ2v) is 6.80. The van der Waals surface area contributed by atoms with Crippen molar-refractivity contribution in [1.82, 2.24) is 0 Å². The fraction of sp³-hybridized carbons (Fsp3) is 0.333. The fourth-order valence-electron chi connectivity index (χ4n) is 2.00. The summed E-state index contributed by atoms with van der Waals surface area (Å²) in [6.45, 7) is 6.32. The maximum absolute atomic E-state index is 13.7. The van der Waals surface area contributed by atoms with Crippen LogP contribution < -0.4 is 5.32 Å². The van der Waals surface area contributed by atoms with E-state index in [4.69, 9.17) is 0 Å². The van der Waals surface area contributed by atoms with Crippen LogP contribution in [0.4, 0.5) is 10.1 Å². The lowest BCUT2D eigenvalue weighted by atomic mass is 10.0. The average molecular weight is 342 g/mol. The van der Waals surface area contributed by atoms with Gasteiger partial charge in [0.15, 0.2) is 0 Å². The van der Waals surface area contributed by atoms with Gasteiger partial charge in [-0.15, -0.1) is 11.3 Å². The lowest BCUT2D eigenvalue weighted by Gasteiger charge is -2.23. The molecule has 0 aliphatic heterocycles. The molecule has 0 saturated heterocycles. The van der Waals surface area contributed by atoms with Crippen molar-refractivity contribution < 1.29 is 4.39 Å². The first-order chi connectivity index (χ1) is 8.99. The summed E-state index contributed by atoms with van der Waals surface area (Å²) >= 11 is 4.94. The zero-order valence-electron chi connectivity index (χ0n) is 11.2. The van der Waals surface area contributed by atoms with Crippen molar-refractivity contribution >= 4 is 33.0 Å². The Kier molecular flexibility index (Phi) is 4.63. The Labute approximate surface area is 126 Å². The first-order valence-electron chi connectivity index (χ1n) is 6.24. The molecule has 2 aromatic rings. The van der Waals surface area contributed by atoms with Crippen molar-refractivity contribution in [1.29, 1.82) is 0 Å². The molecule has 2 rings (SSSR count). The van der Waals surface area contributed by atoms with Gasteiger partial charge in [-0.3, -0.25) is 0 Å². The van der Waals surface area contributed by atoms with Gasteiger partial charge < -0.3 is 5.32 Å². The van der Waals surface area contributed by atoms with Crippen LogP contribution in [0, 0.1) is 18.7 Å². The molecule has 0 fully saturated rings. The monoisotopic (exact) mass is 341 g/mol. The van der Waals surface area contributed by atoms with Crippen molar-refractivity contribution in [3.63, 3.8) is 0 Å². The number of halogens is 2. The van der Waals surface area contributed by atoms with Gasteiger partial charge in [-0.2, -0.15) is 0 Å². The van der Waals surface area contributed by atoms with Gasteiger partial charge in [0.2, 0.25) is 0 Å². The number of anilines is 1. The number of hydrogen-bond donors (Lipinski definition) is 1. The van der Waals surface area contributed by atoms with Gasteiger partial charge >= 0.3 is 0 Å². The molecule has 0 amide bonds. The predicted octanol–water partition coefficient (Wildman–Crippen LogP) is 5.77. The van der Waals surface area contributed by atoms with Gasteiger partial charge in [0.25, 0.3) is 0 Å². The lowest BCUT2D eigenvalue weighted by molar-refractivity contribution is 0.552. The molecule has 102 valence electrons. The van der Waals surface area contributed by atoms with Crippen LogP contribution in [0.25, 0.3) is 0 Å². The van der Waals surface area contributed by atoms with Crippen LogP contribution in [0.3, 0.4) is 0 Å². The molecule has 0 radical (unpaired) electrons. The van der Waals surface area contributed by atoms with E-state index in [-0.39, 0.29) is 11.9 Å². The number of benzene rings is 1. The van der Waals surface area contributed by atoms with Crippen LogP contribution in [-0.4, -0.2) is 0 Å². The Morgan fingerprint density at radius 2 is 2.05 bits per heavy atom. The molecule has 0 bridgehead atoms. The van der Waals surface area contributed by atoms with E-state index in [0.29, 0.717) is 10.4 Å². The molecule has 19 heavy (non-hydrogen) atoms. The standard InChI is InChI=1S/C15H17BrFNS/c1-9(2)15(14-5-4-6-19-14)18-13-8-12(17)11(16)7-10(13)3/h4-9,15,18H,1-3H3. The Balaban J connectivity index is 2.30. The normalized spacial score (nSPS) is 12.7. The third kappa shape index (κ3) is 3.37. The Bertz CT molecular complexity index is 552. The van der Waals surface area contributed by atoms with Gasteiger partial charge in [0.1, 0.15) is 5.82 Å². The summed E-state index contributed by atoms with van der Waals surface area (Å²) in [6, 6.07) is 7.74. The fourth-order valence-corrected chi connectivity index (χ4v) is 3.41. The number of nitrogens with one attached hydrogen (secondary N) is 1. The maximum atomic E-state index is 13.7. The highest BCUT2D eigenvalue weighted by Crippen LogP contribution is 2.32. The lowest BCUT2D eigenvalue weighted by Crippen LogP contribution is -2.16. The van der Waals surface area contributed by atoms with Crippen LogP contribution in [-0.2, 0) is 0 Å². The summed E-state index contributed by atoms with van der Waals surface area (Å²) in [4.78, 5) is 1.28. The van der Waals surface area contributed by atoms with Crippen LogP contribution in [0.5, 0.6) is 0 Å². The van der Waals surface area contributed by atoms with E-state index in [2.05, 4.69) is 46.5 Å². The number of thiophene rings is 1. The predicted molar refractivity (Wildman–Crippen MR) is 84.4 cm³/mol. The SMILES string of the molecule is Cc1cc(Br)c(F)cc1NC(c1cccs1)C(C)C. The van der Waals surface area contributed by atoms with E-state index >= 15 is 0 Å². The second-order valence-electron chi connectivity index (χ2n) is 4.96. The maximum Gasteiger partial charge on any atom is 0.139 e. The molecular formula is C15H17BrFNS. The molecule has 1 atom stereocenters. The van der Waals surface area contributed by atoms with Crippen molar-refractivity contribution in [3.8, 4) is 0 Å². The summed E-state index contributed by atoms with van der Waals surface area (Å²) < 4.78 is 14.2. The highest BCUT2D eigenvalue weighted by Gasteiger charge is 2.18. The van der Waals surface area contributed by atoms with Crippen LogP contribution in [0.2, 0.25) is 0 Å². The highest BCUT2D eigenvalue weighted by molar-refractivity contribution is 9.10. The quantitative estimate of drug-likeness (QED) is 0.744. The zero-order valence-corrected chi connectivity index (χ0v) is 13.6. The minimum atomic E-state index is -0.234. The van der Waals surface area contributed by atoms with Crippen molar-refractivity contribution in [3.05, 3.63) is 50.4 Å². The molecule has 0 spiro atoms. The van der Waals surface area contributed by atoms with E-state index in [1.54, 1.807) is 17.4 Å². The second kappa shape index (κ2) is 6.06. The van der Waals surface area contributed by atoms with Crippen LogP contribution in [0.15, 0.2) is 34.1 Å². The molecule has 0 saturated carbocycles. The van der Waals surface area contributed by atoms with Gasteiger partial charge in [0, 0.05) is 10.6 Å². The van der Waals surface area contributed by atoms with E-state index in [1.165, 1.54) is 4.88 Å². The summed E-state index contributed by atoms with van der Waals surface area (Å²) in [5.74, 6) is 0.201. The number of hydrogen-bond acceptors (Lipinski definition) is 2. The molecule has 1 unspecified atom stereocenters. The Hall–Kier alpha value is -0.870. The first kappa shape index (κ1) is 14.5. The van der Waals surface area contributed by atoms with Crippen molar-refractivity contribution in [2.45, 2.75) is 26.8 Å². The highest BCUT2D eigenvalue weighted by atomic mass is 79.9. The Morgan fingerprint density at radius 1 is 1.32 bits per heavy atom. The van der Waals surface area contributed by atoms with Gasteiger partial charge in [-0.05, 0) is 57.9 Å². The number of aryl methyl sites for hydroxylation is 1. The van der Waals surface area contributed by atoms with Crippen LogP contribution >= 0.6 is 27.3 Å². The molecular weight excluding hydrogens is 325 g/mol. The van der Waals surface area contributed by atoms with E-state index in [1.807, 2.05) is 19.1 Å². The third-order valence-corrected chi connectivity index (χ3v) is 4.66. The molecule has 0 aliphatic rings. The summed E-state index contributed by atoms with van der Waals surface area (Å²) in [5.41, 5.74) is 1.89. The van der Waals surface area contributed by atoms with E-state index in [9.17, 15) is 4.39 Å². The molecule has 1 N–H and O–H groups in total. The molecule has 4 heteroatoms. The largest absolute Gasteiger partial charge is 0.377 e. The topological polar surface area (TPSA) is 12.0 Å². The minimum Gasteiger partial charge on any atom is -0.377 e.